The average Bonchev–Trinajstić information content (AvgIpc) is 1.85. The third-order valence-electron chi connectivity index (χ3n) is 1.13. The lowest BCUT2D eigenvalue weighted by molar-refractivity contribution is 0.184. The number of hydrogen-bond acceptors (Lipinski definition) is 2. The van der Waals surface area contributed by atoms with Crippen molar-refractivity contribution in [3.05, 3.63) is 29.6 Å². The zero-order valence-electron chi connectivity index (χ0n) is 5.97. The Morgan fingerprint density at radius 2 is 1.91 bits per heavy atom. The van der Waals surface area contributed by atoms with E-state index in [1.807, 2.05) is 0 Å². The molecule has 0 aliphatic carbocycles. The van der Waals surface area contributed by atoms with Crippen LogP contribution in [0.15, 0.2) is 12.1 Å². The van der Waals surface area contributed by atoms with Crippen LogP contribution in [0, 0.1) is 11.9 Å². The lowest BCUT2D eigenvalue weighted by atomic mass is 10.3. The highest BCUT2D eigenvalue weighted by Crippen LogP contribution is 2.04. The Morgan fingerprint density at radius 1 is 1.36 bits per heavy atom. The summed E-state index contributed by atoms with van der Waals surface area (Å²) in [5, 5.41) is 0. The molecule has 0 amide bonds. The fourth-order valence-electron chi connectivity index (χ4n) is 0.764. The van der Waals surface area contributed by atoms with Gasteiger partial charge in [0.2, 0.25) is 11.9 Å². The van der Waals surface area contributed by atoms with Gasteiger partial charge < -0.3 is 4.74 Å². The van der Waals surface area contributed by atoms with Gasteiger partial charge in [0.05, 0.1) is 6.61 Å². The average molecular weight is 159 g/mol. The van der Waals surface area contributed by atoms with E-state index in [9.17, 15) is 8.78 Å². The zero-order valence-corrected chi connectivity index (χ0v) is 5.97. The van der Waals surface area contributed by atoms with Gasteiger partial charge in [0.15, 0.2) is 0 Å². The predicted octanol–water partition coefficient (Wildman–Crippen LogP) is 1.51. The van der Waals surface area contributed by atoms with E-state index in [0.29, 0.717) is 5.56 Å². The lowest BCUT2D eigenvalue weighted by Crippen LogP contribution is -1.94. The molecule has 2 nitrogen and oxygen atoms in total. The van der Waals surface area contributed by atoms with Crippen molar-refractivity contribution in [2.75, 3.05) is 7.11 Å². The molecule has 0 spiro atoms. The number of methoxy groups -OCH3 is 1. The number of pyridine rings is 1. The van der Waals surface area contributed by atoms with Crippen LogP contribution in [0.1, 0.15) is 5.56 Å². The molecule has 0 bridgehead atoms. The molecular formula is C7H7F2NO. The maximum atomic E-state index is 12.3. The molecule has 0 radical (unpaired) electrons. The molecule has 0 atom stereocenters. The van der Waals surface area contributed by atoms with Crippen molar-refractivity contribution >= 4 is 0 Å². The molecule has 0 unspecified atom stereocenters. The molecule has 4 heteroatoms. The molecule has 11 heavy (non-hydrogen) atoms. The Balaban J connectivity index is 2.89. The Hall–Kier alpha value is -1.03. The van der Waals surface area contributed by atoms with Gasteiger partial charge in [0, 0.05) is 7.11 Å². The van der Waals surface area contributed by atoms with Crippen LogP contribution in [0.3, 0.4) is 0 Å². The highest BCUT2D eigenvalue weighted by atomic mass is 19.1. The van der Waals surface area contributed by atoms with Crippen molar-refractivity contribution in [3.63, 3.8) is 0 Å². The fourth-order valence-corrected chi connectivity index (χ4v) is 0.764. The molecule has 0 aliphatic rings. The Bertz CT molecular complexity index is 232. The minimum Gasteiger partial charge on any atom is -0.380 e. The second-order valence-corrected chi connectivity index (χ2v) is 2.05. The molecule has 0 fully saturated rings. The first kappa shape index (κ1) is 8.07. The van der Waals surface area contributed by atoms with Crippen molar-refractivity contribution < 1.29 is 13.5 Å². The first-order chi connectivity index (χ1) is 5.22. The molecule has 1 aromatic heterocycles. The monoisotopic (exact) mass is 159 g/mol. The van der Waals surface area contributed by atoms with E-state index in [1.165, 1.54) is 7.11 Å². The van der Waals surface area contributed by atoms with E-state index < -0.39 is 11.9 Å². The molecule has 1 heterocycles. The third-order valence-corrected chi connectivity index (χ3v) is 1.13. The van der Waals surface area contributed by atoms with Crippen molar-refractivity contribution in [3.8, 4) is 0 Å². The summed E-state index contributed by atoms with van der Waals surface area (Å²) < 4.78 is 29.4. The van der Waals surface area contributed by atoms with Crippen LogP contribution < -0.4 is 0 Å². The van der Waals surface area contributed by atoms with Gasteiger partial charge in [0.1, 0.15) is 0 Å². The highest BCUT2D eigenvalue weighted by molar-refractivity contribution is 5.10. The summed E-state index contributed by atoms with van der Waals surface area (Å²) in [6, 6.07) is 2.26. The predicted molar refractivity (Wildman–Crippen MR) is 34.9 cm³/mol. The number of nitrogens with zero attached hydrogens (tertiary/aromatic N) is 1. The number of aromatic nitrogens is 1. The highest BCUT2D eigenvalue weighted by Gasteiger charge is 2.00. The standard InChI is InChI=1S/C7H7F2NO/c1-11-4-5-2-6(8)10-7(9)3-5/h2-3H,4H2,1H3. The van der Waals surface area contributed by atoms with Crippen LogP contribution in [0.2, 0.25) is 0 Å². The summed E-state index contributed by atoms with van der Waals surface area (Å²) in [4.78, 5) is 2.93. The van der Waals surface area contributed by atoms with E-state index in [2.05, 4.69) is 9.72 Å². The molecule has 0 aromatic carbocycles. The number of rotatable bonds is 2. The first-order valence-electron chi connectivity index (χ1n) is 3.03. The first-order valence-corrected chi connectivity index (χ1v) is 3.03. The summed E-state index contributed by atoms with van der Waals surface area (Å²) in [5.74, 6) is -1.64. The molecular weight excluding hydrogens is 152 g/mol. The number of ether oxygens (including phenoxy) is 1. The quantitative estimate of drug-likeness (QED) is 0.610. The zero-order chi connectivity index (χ0) is 8.27. The van der Waals surface area contributed by atoms with Gasteiger partial charge in [-0.3, -0.25) is 0 Å². The van der Waals surface area contributed by atoms with Gasteiger partial charge >= 0.3 is 0 Å². The summed E-state index contributed by atoms with van der Waals surface area (Å²) in [6.45, 7) is 0.191. The maximum absolute atomic E-state index is 12.3. The minimum atomic E-state index is -0.822. The molecule has 1 aromatic rings. The van der Waals surface area contributed by atoms with Crippen LogP contribution in [0.25, 0.3) is 0 Å². The second-order valence-electron chi connectivity index (χ2n) is 2.05. The molecule has 60 valence electrons. The third kappa shape index (κ3) is 2.23. The van der Waals surface area contributed by atoms with Gasteiger partial charge in [-0.05, 0) is 17.7 Å². The van der Waals surface area contributed by atoms with Crippen LogP contribution in [0.4, 0.5) is 8.78 Å². The van der Waals surface area contributed by atoms with Gasteiger partial charge in [-0.2, -0.15) is 13.8 Å². The molecule has 0 N–H and O–H groups in total. The van der Waals surface area contributed by atoms with Gasteiger partial charge in [0.25, 0.3) is 0 Å². The smallest absolute Gasteiger partial charge is 0.215 e. The van der Waals surface area contributed by atoms with Crippen LogP contribution in [-0.2, 0) is 11.3 Å². The number of halogens is 2. The van der Waals surface area contributed by atoms with E-state index in [1.54, 1.807) is 0 Å². The van der Waals surface area contributed by atoms with E-state index in [-0.39, 0.29) is 6.61 Å². The van der Waals surface area contributed by atoms with E-state index >= 15 is 0 Å². The molecule has 0 aliphatic heterocycles. The SMILES string of the molecule is COCc1cc(F)nc(F)c1. The number of hydrogen-bond donors (Lipinski definition) is 0. The second kappa shape index (κ2) is 3.39. The molecule has 0 saturated heterocycles. The summed E-state index contributed by atoms with van der Waals surface area (Å²) >= 11 is 0. The lowest BCUT2D eigenvalue weighted by Gasteiger charge is -1.98. The normalized spacial score (nSPS) is 10.1. The van der Waals surface area contributed by atoms with Crippen molar-refractivity contribution in [1.82, 2.24) is 4.98 Å². The van der Waals surface area contributed by atoms with Crippen molar-refractivity contribution in [2.45, 2.75) is 6.61 Å². The van der Waals surface area contributed by atoms with Crippen LogP contribution in [-0.4, -0.2) is 12.1 Å². The molecule has 1 rings (SSSR count). The van der Waals surface area contributed by atoms with Gasteiger partial charge in [-0.1, -0.05) is 0 Å². The van der Waals surface area contributed by atoms with Crippen LogP contribution >= 0.6 is 0 Å². The Labute approximate surface area is 62.8 Å². The molecule has 0 saturated carbocycles. The Kier molecular flexibility index (Phi) is 2.48. The van der Waals surface area contributed by atoms with E-state index in [0.717, 1.165) is 12.1 Å². The van der Waals surface area contributed by atoms with Gasteiger partial charge in [-0.25, -0.2) is 0 Å². The topological polar surface area (TPSA) is 22.1 Å². The largest absolute Gasteiger partial charge is 0.380 e. The summed E-state index contributed by atoms with van der Waals surface area (Å²) in [6.07, 6.45) is 0. The van der Waals surface area contributed by atoms with E-state index in [4.69, 9.17) is 0 Å². The van der Waals surface area contributed by atoms with Crippen molar-refractivity contribution in [1.29, 1.82) is 0 Å². The minimum absolute atomic E-state index is 0.191. The van der Waals surface area contributed by atoms with Gasteiger partial charge in [-0.15, -0.1) is 0 Å². The van der Waals surface area contributed by atoms with Crippen LogP contribution in [0.5, 0.6) is 0 Å². The van der Waals surface area contributed by atoms with Crippen molar-refractivity contribution in [2.24, 2.45) is 0 Å². The maximum Gasteiger partial charge on any atom is 0.215 e. The summed E-state index contributed by atoms with van der Waals surface area (Å²) in [5.41, 5.74) is 0.442. The summed E-state index contributed by atoms with van der Waals surface area (Å²) in [7, 11) is 1.45. The Morgan fingerprint density at radius 3 is 2.36 bits per heavy atom. The fraction of sp³-hybridized carbons (Fsp3) is 0.286.